The lowest BCUT2D eigenvalue weighted by Gasteiger charge is -2.16. The van der Waals surface area contributed by atoms with Crippen LogP contribution in [0.25, 0.3) is 0 Å². The fourth-order valence-electron chi connectivity index (χ4n) is 1.53. The van der Waals surface area contributed by atoms with Gasteiger partial charge in [-0.3, -0.25) is 0 Å². The average Bonchev–Trinajstić information content (AvgIpc) is 2.24. The zero-order valence-corrected chi connectivity index (χ0v) is 12.7. The van der Waals surface area contributed by atoms with E-state index >= 15 is 0 Å². The summed E-state index contributed by atoms with van der Waals surface area (Å²) in [5, 5.41) is 0. The molecule has 0 aromatic heterocycles. The first kappa shape index (κ1) is 17.4. The minimum absolute atomic E-state index is 0.0444. The summed E-state index contributed by atoms with van der Waals surface area (Å²) < 4.78 is 0. The van der Waals surface area contributed by atoms with Crippen molar-refractivity contribution in [1.29, 1.82) is 0 Å². The maximum Gasteiger partial charge on any atom is 0.01000 e. The van der Waals surface area contributed by atoms with Crippen LogP contribution in [0.5, 0.6) is 0 Å². The number of hydrogen-bond donors (Lipinski definition) is 2. The monoisotopic (exact) mass is 252 g/mol. The predicted molar refractivity (Wildman–Crippen MR) is 82.4 cm³/mol. The summed E-state index contributed by atoms with van der Waals surface area (Å²) in [6, 6.07) is 0.295. The van der Waals surface area contributed by atoms with E-state index in [4.69, 9.17) is 11.5 Å². The average molecular weight is 252 g/mol. The van der Waals surface area contributed by atoms with Gasteiger partial charge in [0.2, 0.25) is 0 Å². The van der Waals surface area contributed by atoms with E-state index in [1.165, 1.54) is 0 Å². The molecule has 1 unspecified atom stereocenters. The third-order valence-electron chi connectivity index (χ3n) is 3.05. The molecule has 4 N–H and O–H groups in total. The van der Waals surface area contributed by atoms with E-state index in [2.05, 4.69) is 52.0 Å². The normalized spacial score (nSPS) is 15.1. The summed E-state index contributed by atoms with van der Waals surface area (Å²) in [5.41, 5.74) is 11.8. The highest BCUT2D eigenvalue weighted by molar-refractivity contribution is 4.91. The van der Waals surface area contributed by atoms with E-state index in [1.54, 1.807) is 0 Å². The van der Waals surface area contributed by atoms with Gasteiger partial charge < -0.3 is 11.5 Å². The molecule has 0 spiro atoms. The Balaban J connectivity index is 3.50. The van der Waals surface area contributed by atoms with E-state index in [-0.39, 0.29) is 5.54 Å². The van der Waals surface area contributed by atoms with Gasteiger partial charge in [0.15, 0.2) is 0 Å². The number of rotatable bonds is 9. The van der Waals surface area contributed by atoms with Crippen LogP contribution in [-0.2, 0) is 0 Å². The summed E-state index contributed by atoms with van der Waals surface area (Å²) in [6.07, 6.45) is 14.3. The predicted octanol–water partition coefficient (Wildman–Crippen LogP) is 3.77. The smallest absolute Gasteiger partial charge is 0.01000 e. The maximum absolute atomic E-state index is 5.96. The fraction of sp³-hybridized carbons (Fsp3) is 0.750. The van der Waals surface area contributed by atoms with Crippen LogP contribution in [0.1, 0.15) is 59.8 Å². The van der Waals surface area contributed by atoms with E-state index in [0.29, 0.717) is 12.0 Å². The summed E-state index contributed by atoms with van der Waals surface area (Å²) >= 11 is 0. The molecule has 0 saturated heterocycles. The van der Waals surface area contributed by atoms with Crippen molar-refractivity contribution in [1.82, 2.24) is 0 Å². The number of nitrogens with two attached hydrogens (primary N) is 2. The molecule has 0 aliphatic carbocycles. The zero-order valence-electron chi connectivity index (χ0n) is 12.7. The number of unbranched alkanes of at least 4 members (excludes halogenated alkanes) is 1. The molecule has 2 heteroatoms. The minimum Gasteiger partial charge on any atom is -0.327 e. The highest BCUT2D eigenvalue weighted by Gasteiger charge is 2.07. The molecule has 0 aliphatic heterocycles. The third kappa shape index (κ3) is 11.9. The Morgan fingerprint density at radius 3 is 1.94 bits per heavy atom. The van der Waals surface area contributed by atoms with Crippen LogP contribution in [0.2, 0.25) is 0 Å². The SMILES string of the molecule is CC(C)C(N)CC=CCCC=CCCC(C)(C)N. The number of hydrogen-bond acceptors (Lipinski definition) is 2. The van der Waals surface area contributed by atoms with Crippen molar-refractivity contribution in [3.05, 3.63) is 24.3 Å². The Labute approximate surface area is 114 Å². The van der Waals surface area contributed by atoms with E-state index in [1.807, 2.05) is 0 Å². The molecule has 18 heavy (non-hydrogen) atoms. The van der Waals surface area contributed by atoms with Gasteiger partial charge in [0.1, 0.15) is 0 Å². The standard InChI is InChI=1S/C16H32N2/c1-14(2)15(17)12-10-8-6-5-7-9-11-13-16(3,4)18/h7-10,14-15H,5-6,11-13,17-18H2,1-4H3. The van der Waals surface area contributed by atoms with Gasteiger partial charge in [-0.15, -0.1) is 0 Å². The van der Waals surface area contributed by atoms with Crippen molar-refractivity contribution in [2.75, 3.05) is 0 Å². The summed E-state index contributed by atoms with van der Waals surface area (Å²) in [5.74, 6) is 0.564. The van der Waals surface area contributed by atoms with Crippen LogP contribution in [0.15, 0.2) is 24.3 Å². The topological polar surface area (TPSA) is 52.0 Å². The van der Waals surface area contributed by atoms with Crippen LogP contribution in [-0.4, -0.2) is 11.6 Å². The van der Waals surface area contributed by atoms with E-state index in [0.717, 1.165) is 32.1 Å². The van der Waals surface area contributed by atoms with E-state index in [9.17, 15) is 0 Å². The van der Waals surface area contributed by atoms with Crippen molar-refractivity contribution in [3.8, 4) is 0 Å². The molecule has 0 heterocycles. The third-order valence-corrected chi connectivity index (χ3v) is 3.05. The maximum atomic E-state index is 5.96. The van der Waals surface area contributed by atoms with Crippen LogP contribution in [0.4, 0.5) is 0 Å². The zero-order chi connectivity index (χ0) is 14.0. The quantitative estimate of drug-likeness (QED) is 0.485. The van der Waals surface area contributed by atoms with Gasteiger partial charge >= 0.3 is 0 Å². The summed E-state index contributed by atoms with van der Waals surface area (Å²) in [6.45, 7) is 8.48. The molecule has 0 aromatic rings. The second-order valence-electron chi connectivity index (χ2n) is 6.19. The molecule has 2 nitrogen and oxygen atoms in total. The second-order valence-corrected chi connectivity index (χ2v) is 6.19. The molecule has 0 bridgehead atoms. The van der Waals surface area contributed by atoms with Crippen molar-refractivity contribution >= 4 is 0 Å². The van der Waals surface area contributed by atoms with Crippen LogP contribution >= 0.6 is 0 Å². The van der Waals surface area contributed by atoms with Gasteiger partial charge in [-0.1, -0.05) is 38.2 Å². The Bertz CT molecular complexity index is 246. The van der Waals surface area contributed by atoms with Crippen LogP contribution in [0.3, 0.4) is 0 Å². The van der Waals surface area contributed by atoms with Gasteiger partial charge in [0.05, 0.1) is 0 Å². The van der Waals surface area contributed by atoms with E-state index < -0.39 is 0 Å². The first-order valence-corrected chi connectivity index (χ1v) is 7.17. The molecule has 0 saturated carbocycles. The molecule has 0 aliphatic rings. The lowest BCUT2D eigenvalue weighted by atomic mass is 10.00. The molecular weight excluding hydrogens is 220 g/mol. The molecule has 0 radical (unpaired) electrons. The summed E-state index contributed by atoms with van der Waals surface area (Å²) in [7, 11) is 0. The molecule has 106 valence electrons. The van der Waals surface area contributed by atoms with Crippen molar-refractivity contribution in [2.24, 2.45) is 17.4 Å². The molecular formula is C16H32N2. The van der Waals surface area contributed by atoms with Gasteiger partial charge in [-0.2, -0.15) is 0 Å². The summed E-state index contributed by atoms with van der Waals surface area (Å²) in [4.78, 5) is 0. The lowest BCUT2D eigenvalue weighted by Crippen LogP contribution is -2.31. The Morgan fingerprint density at radius 2 is 1.44 bits per heavy atom. The highest BCUT2D eigenvalue weighted by atomic mass is 14.7. The Hall–Kier alpha value is -0.600. The van der Waals surface area contributed by atoms with Crippen LogP contribution < -0.4 is 11.5 Å². The first-order chi connectivity index (χ1) is 8.33. The molecule has 0 rings (SSSR count). The minimum atomic E-state index is -0.0444. The number of allylic oxidation sites excluding steroid dienone is 3. The van der Waals surface area contributed by atoms with Gasteiger partial charge in [0, 0.05) is 11.6 Å². The van der Waals surface area contributed by atoms with Crippen molar-refractivity contribution in [3.63, 3.8) is 0 Å². The van der Waals surface area contributed by atoms with Gasteiger partial charge in [0.25, 0.3) is 0 Å². The molecule has 0 aromatic carbocycles. The fourth-order valence-corrected chi connectivity index (χ4v) is 1.53. The van der Waals surface area contributed by atoms with Crippen molar-refractivity contribution < 1.29 is 0 Å². The first-order valence-electron chi connectivity index (χ1n) is 7.17. The van der Waals surface area contributed by atoms with Gasteiger partial charge in [-0.25, -0.2) is 0 Å². The Morgan fingerprint density at radius 1 is 0.944 bits per heavy atom. The van der Waals surface area contributed by atoms with Crippen LogP contribution in [0, 0.1) is 5.92 Å². The molecule has 0 amide bonds. The largest absolute Gasteiger partial charge is 0.327 e. The second kappa shape index (κ2) is 9.35. The Kier molecular flexibility index (Phi) is 9.03. The lowest BCUT2D eigenvalue weighted by molar-refractivity contribution is 0.481. The van der Waals surface area contributed by atoms with Crippen molar-refractivity contribution in [2.45, 2.75) is 71.4 Å². The van der Waals surface area contributed by atoms with Gasteiger partial charge in [-0.05, 0) is 51.9 Å². The highest BCUT2D eigenvalue weighted by Crippen LogP contribution is 2.08. The molecule has 1 atom stereocenters. The molecule has 0 fully saturated rings.